The number of halogens is 1. The van der Waals surface area contributed by atoms with Crippen LogP contribution in [0.25, 0.3) is 0 Å². The number of ether oxygens (including phenoxy) is 1. The molecule has 4 heteroatoms. The average Bonchev–Trinajstić information content (AvgIpc) is 2.11. The lowest BCUT2D eigenvalue weighted by molar-refractivity contribution is -0.163. The Morgan fingerprint density at radius 2 is 2.20 bits per heavy atom. The highest BCUT2D eigenvalue weighted by atomic mass is 35.5. The van der Waals surface area contributed by atoms with Gasteiger partial charge in [0, 0.05) is 5.02 Å². The van der Waals surface area contributed by atoms with Crippen molar-refractivity contribution in [1.82, 2.24) is 0 Å². The molecule has 0 bridgehead atoms. The Hall–Kier alpha value is -1.22. The molecular weight excluding hydrogens is 216 g/mol. The van der Waals surface area contributed by atoms with Crippen molar-refractivity contribution < 1.29 is 14.6 Å². The van der Waals surface area contributed by atoms with Crippen LogP contribution >= 0.6 is 11.6 Å². The van der Waals surface area contributed by atoms with Gasteiger partial charge in [-0.1, -0.05) is 17.7 Å². The molecule has 0 atom stereocenters. The molecule has 1 N–H and O–H groups in total. The number of carboxylic acid groups (broad SMARTS) is 1. The van der Waals surface area contributed by atoms with E-state index in [1.807, 2.05) is 0 Å². The molecule has 0 saturated heterocycles. The zero-order chi connectivity index (χ0) is 10.9. The molecular formula is C11H11ClO3. The maximum absolute atomic E-state index is 11.0. The first-order valence-electron chi connectivity index (χ1n) is 4.80. The summed E-state index contributed by atoms with van der Waals surface area (Å²) in [5.41, 5.74) is -1.02. The summed E-state index contributed by atoms with van der Waals surface area (Å²) in [6, 6.07) is 6.81. The molecule has 0 spiro atoms. The Kier molecular flexibility index (Phi) is 2.57. The normalized spacial score (nSPS) is 17.9. The van der Waals surface area contributed by atoms with Crippen LogP contribution in [0.2, 0.25) is 5.02 Å². The van der Waals surface area contributed by atoms with Crippen LogP contribution in [-0.2, 0) is 4.79 Å². The second kappa shape index (κ2) is 3.74. The summed E-state index contributed by atoms with van der Waals surface area (Å²) < 4.78 is 5.50. The summed E-state index contributed by atoms with van der Waals surface area (Å²) in [6.45, 7) is 0. The Bertz CT molecular complexity index is 385. The molecule has 1 fully saturated rings. The van der Waals surface area contributed by atoms with Crippen LogP contribution in [0.4, 0.5) is 0 Å². The van der Waals surface area contributed by atoms with E-state index in [1.54, 1.807) is 24.3 Å². The highest BCUT2D eigenvalue weighted by Gasteiger charge is 2.47. The van der Waals surface area contributed by atoms with Gasteiger partial charge in [0.1, 0.15) is 5.75 Å². The predicted octanol–water partition coefficient (Wildman–Crippen LogP) is 2.73. The Morgan fingerprint density at radius 3 is 2.67 bits per heavy atom. The maximum Gasteiger partial charge on any atom is 0.348 e. The third kappa shape index (κ3) is 1.92. The van der Waals surface area contributed by atoms with Crippen molar-refractivity contribution in [2.75, 3.05) is 0 Å². The van der Waals surface area contributed by atoms with E-state index in [-0.39, 0.29) is 0 Å². The van der Waals surface area contributed by atoms with Crippen molar-refractivity contribution >= 4 is 17.6 Å². The number of hydrogen-bond acceptors (Lipinski definition) is 2. The van der Waals surface area contributed by atoms with Gasteiger partial charge in [-0.15, -0.1) is 0 Å². The van der Waals surface area contributed by atoms with E-state index < -0.39 is 11.6 Å². The first-order chi connectivity index (χ1) is 7.12. The summed E-state index contributed by atoms with van der Waals surface area (Å²) in [7, 11) is 0. The highest BCUT2D eigenvalue weighted by Crippen LogP contribution is 2.37. The van der Waals surface area contributed by atoms with Crippen molar-refractivity contribution in [2.24, 2.45) is 0 Å². The largest absolute Gasteiger partial charge is 0.478 e. The number of carboxylic acids is 1. The van der Waals surface area contributed by atoms with Gasteiger partial charge < -0.3 is 9.84 Å². The van der Waals surface area contributed by atoms with Crippen molar-refractivity contribution in [1.29, 1.82) is 0 Å². The zero-order valence-corrected chi connectivity index (χ0v) is 8.83. The molecule has 0 aliphatic heterocycles. The topological polar surface area (TPSA) is 46.5 Å². The highest BCUT2D eigenvalue weighted by molar-refractivity contribution is 6.30. The molecule has 80 valence electrons. The van der Waals surface area contributed by atoms with Crippen molar-refractivity contribution in [3.8, 4) is 5.75 Å². The predicted molar refractivity (Wildman–Crippen MR) is 56.3 cm³/mol. The van der Waals surface area contributed by atoms with E-state index in [0.717, 1.165) is 6.42 Å². The molecule has 1 aromatic carbocycles. The van der Waals surface area contributed by atoms with Crippen molar-refractivity contribution in [3.05, 3.63) is 29.3 Å². The standard InChI is InChI=1S/C11H11ClO3/c12-8-3-1-4-9(7-8)15-11(10(13)14)5-2-6-11/h1,3-4,7H,2,5-6H2,(H,13,14). The fourth-order valence-corrected chi connectivity index (χ4v) is 1.79. The van der Waals surface area contributed by atoms with Crippen molar-refractivity contribution in [3.63, 3.8) is 0 Å². The molecule has 1 aliphatic carbocycles. The van der Waals surface area contributed by atoms with E-state index in [0.29, 0.717) is 23.6 Å². The third-order valence-electron chi connectivity index (χ3n) is 2.66. The smallest absolute Gasteiger partial charge is 0.348 e. The quantitative estimate of drug-likeness (QED) is 0.862. The minimum absolute atomic E-state index is 0.518. The van der Waals surface area contributed by atoms with Gasteiger partial charge in [0.2, 0.25) is 5.60 Å². The first-order valence-corrected chi connectivity index (χ1v) is 5.18. The lowest BCUT2D eigenvalue weighted by Gasteiger charge is -2.37. The lowest BCUT2D eigenvalue weighted by atomic mass is 9.80. The molecule has 0 heterocycles. The summed E-state index contributed by atoms with van der Waals surface area (Å²) in [5, 5.41) is 9.60. The van der Waals surface area contributed by atoms with Gasteiger partial charge in [-0.25, -0.2) is 4.79 Å². The van der Waals surface area contributed by atoms with Crippen LogP contribution < -0.4 is 4.74 Å². The Labute approximate surface area is 92.6 Å². The van der Waals surface area contributed by atoms with E-state index in [4.69, 9.17) is 21.4 Å². The van der Waals surface area contributed by atoms with Gasteiger partial charge >= 0.3 is 5.97 Å². The van der Waals surface area contributed by atoms with E-state index in [9.17, 15) is 4.79 Å². The Balaban J connectivity index is 2.17. The minimum Gasteiger partial charge on any atom is -0.478 e. The molecule has 1 saturated carbocycles. The van der Waals surface area contributed by atoms with Crippen LogP contribution in [0, 0.1) is 0 Å². The van der Waals surface area contributed by atoms with Gasteiger partial charge in [0.15, 0.2) is 0 Å². The number of hydrogen-bond donors (Lipinski definition) is 1. The second-order valence-corrected chi connectivity index (χ2v) is 4.15. The molecule has 15 heavy (non-hydrogen) atoms. The van der Waals surface area contributed by atoms with Gasteiger partial charge in [-0.3, -0.25) is 0 Å². The molecule has 1 aromatic rings. The number of rotatable bonds is 3. The molecule has 0 amide bonds. The Morgan fingerprint density at radius 1 is 1.47 bits per heavy atom. The summed E-state index contributed by atoms with van der Waals surface area (Å²) in [5.74, 6) is -0.377. The molecule has 0 unspecified atom stereocenters. The van der Waals surface area contributed by atoms with Gasteiger partial charge in [-0.2, -0.15) is 0 Å². The second-order valence-electron chi connectivity index (χ2n) is 3.71. The van der Waals surface area contributed by atoms with Crippen LogP contribution in [0.5, 0.6) is 5.75 Å². The van der Waals surface area contributed by atoms with Crippen LogP contribution in [0.3, 0.4) is 0 Å². The summed E-state index contributed by atoms with van der Waals surface area (Å²) in [6.07, 6.45) is 2.02. The number of aliphatic carboxylic acids is 1. The number of carbonyl (C=O) groups is 1. The first kappa shape index (κ1) is 10.3. The van der Waals surface area contributed by atoms with Gasteiger partial charge in [-0.05, 0) is 37.5 Å². The van der Waals surface area contributed by atoms with Crippen LogP contribution in [0.15, 0.2) is 24.3 Å². The van der Waals surface area contributed by atoms with E-state index in [2.05, 4.69) is 0 Å². The zero-order valence-electron chi connectivity index (χ0n) is 8.07. The van der Waals surface area contributed by atoms with Crippen molar-refractivity contribution in [2.45, 2.75) is 24.9 Å². The fraction of sp³-hybridized carbons (Fsp3) is 0.364. The minimum atomic E-state index is -1.02. The SMILES string of the molecule is O=C(O)C1(Oc2cccc(Cl)c2)CCC1. The molecule has 0 aromatic heterocycles. The van der Waals surface area contributed by atoms with Crippen LogP contribution in [0.1, 0.15) is 19.3 Å². The lowest BCUT2D eigenvalue weighted by Crippen LogP contribution is -2.50. The van der Waals surface area contributed by atoms with Crippen LogP contribution in [-0.4, -0.2) is 16.7 Å². The molecule has 2 rings (SSSR count). The maximum atomic E-state index is 11.0. The molecule has 3 nitrogen and oxygen atoms in total. The summed E-state index contributed by atoms with van der Waals surface area (Å²) in [4.78, 5) is 11.0. The molecule has 1 aliphatic rings. The van der Waals surface area contributed by atoms with Gasteiger partial charge in [0.25, 0.3) is 0 Å². The van der Waals surface area contributed by atoms with Gasteiger partial charge in [0.05, 0.1) is 0 Å². The average molecular weight is 227 g/mol. The third-order valence-corrected chi connectivity index (χ3v) is 2.90. The fourth-order valence-electron chi connectivity index (χ4n) is 1.61. The van der Waals surface area contributed by atoms with E-state index in [1.165, 1.54) is 0 Å². The number of benzene rings is 1. The summed E-state index contributed by atoms with van der Waals surface area (Å²) >= 11 is 5.79. The van der Waals surface area contributed by atoms with E-state index >= 15 is 0 Å². The molecule has 0 radical (unpaired) electrons. The monoisotopic (exact) mass is 226 g/mol.